The van der Waals surface area contributed by atoms with Crippen LogP contribution in [0.4, 0.5) is 8.78 Å². The smallest absolute Gasteiger partial charge is 0.170 e. The molecule has 1 aromatic heterocycles. The molecule has 0 fully saturated rings. The van der Waals surface area contributed by atoms with E-state index in [1.807, 2.05) is 6.92 Å². The van der Waals surface area contributed by atoms with Crippen LogP contribution in [0, 0.1) is 11.6 Å². The van der Waals surface area contributed by atoms with Crippen molar-refractivity contribution < 1.29 is 13.6 Å². The average molecular weight is 343 g/mol. The van der Waals surface area contributed by atoms with Crippen molar-refractivity contribution in [3.05, 3.63) is 51.3 Å². The Bertz CT molecular complexity index is 667. The minimum Gasteiger partial charge on any atom is -0.294 e. The number of ketones is 1. The first-order valence-electron chi connectivity index (χ1n) is 6.12. The lowest BCUT2D eigenvalue weighted by molar-refractivity contribution is 0.0989. The first-order chi connectivity index (χ1) is 9.43. The van der Waals surface area contributed by atoms with E-state index in [2.05, 4.69) is 21.0 Å². The van der Waals surface area contributed by atoms with Crippen molar-refractivity contribution in [2.24, 2.45) is 7.05 Å². The molecule has 0 aliphatic rings. The van der Waals surface area contributed by atoms with Crippen molar-refractivity contribution in [1.82, 2.24) is 9.78 Å². The van der Waals surface area contributed by atoms with Gasteiger partial charge in [-0.05, 0) is 34.5 Å². The zero-order valence-electron chi connectivity index (χ0n) is 11.1. The second-order valence-corrected chi connectivity index (χ2v) is 5.29. The first kappa shape index (κ1) is 14.8. The molecule has 0 aliphatic heterocycles. The normalized spacial score (nSPS) is 10.8. The lowest BCUT2D eigenvalue weighted by Gasteiger charge is -2.06. The fourth-order valence-electron chi connectivity index (χ4n) is 2.02. The Labute approximate surface area is 123 Å². The minimum atomic E-state index is -0.736. The van der Waals surface area contributed by atoms with Crippen molar-refractivity contribution >= 4 is 21.7 Å². The Hall–Kier alpha value is -1.56. The van der Waals surface area contributed by atoms with Crippen LogP contribution in [0.15, 0.2) is 22.8 Å². The number of carbonyl (C=O) groups is 1. The Kier molecular flexibility index (Phi) is 4.32. The summed E-state index contributed by atoms with van der Waals surface area (Å²) in [5.74, 6) is -1.80. The van der Waals surface area contributed by atoms with E-state index in [1.165, 1.54) is 10.7 Å². The van der Waals surface area contributed by atoms with E-state index in [-0.39, 0.29) is 22.2 Å². The van der Waals surface area contributed by atoms with Gasteiger partial charge in [0.05, 0.1) is 15.7 Å². The summed E-state index contributed by atoms with van der Waals surface area (Å²) in [6, 6.07) is 2.42. The fraction of sp³-hybridized carbons (Fsp3) is 0.286. The SMILES string of the molecule is CCc1nn(C)cc1C(=O)Cc1c(F)ccc(Br)c1F. The van der Waals surface area contributed by atoms with Gasteiger partial charge >= 0.3 is 0 Å². The summed E-state index contributed by atoms with van der Waals surface area (Å²) in [5.41, 5.74) is 0.817. The van der Waals surface area contributed by atoms with Crippen LogP contribution in [0.5, 0.6) is 0 Å². The number of rotatable bonds is 4. The quantitative estimate of drug-likeness (QED) is 0.630. The number of hydrogen-bond donors (Lipinski definition) is 0. The summed E-state index contributed by atoms with van der Waals surface area (Å²) >= 11 is 2.99. The molecule has 0 saturated carbocycles. The summed E-state index contributed by atoms with van der Waals surface area (Å²) in [6.45, 7) is 1.87. The van der Waals surface area contributed by atoms with Crippen molar-refractivity contribution in [3.63, 3.8) is 0 Å². The summed E-state index contributed by atoms with van der Waals surface area (Å²) in [6.07, 6.45) is 1.84. The molecule has 2 aromatic rings. The zero-order valence-corrected chi connectivity index (χ0v) is 12.7. The molecule has 0 aliphatic carbocycles. The molecule has 0 radical (unpaired) electrons. The Morgan fingerprint density at radius 1 is 1.40 bits per heavy atom. The summed E-state index contributed by atoms with van der Waals surface area (Å²) < 4.78 is 29.2. The van der Waals surface area contributed by atoms with E-state index in [0.29, 0.717) is 17.7 Å². The largest absolute Gasteiger partial charge is 0.294 e. The van der Waals surface area contributed by atoms with Crippen LogP contribution in [0.25, 0.3) is 0 Å². The monoisotopic (exact) mass is 342 g/mol. The molecular formula is C14H13BrF2N2O. The van der Waals surface area contributed by atoms with Crippen molar-refractivity contribution in [2.75, 3.05) is 0 Å². The van der Waals surface area contributed by atoms with Gasteiger partial charge in [-0.3, -0.25) is 9.48 Å². The van der Waals surface area contributed by atoms with Crippen molar-refractivity contribution in [3.8, 4) is 0 Å². The molecule has 0 unspecified atom stereocenters. The number of halogens is 3. The van der Waals surface area contributed by atoms with Gasteiger partial charge < -0.3 is 0 Å². The summed E-state index contributed by atoms with van der Waals surface area (Å²) in [5, 5.41) is 4.15. The molecule has 0 saturated heterocycles. The number of aromatic nitrogens is 2. The van der Waals surface area contributed by atoms with Gasteiger partial charge in [0, 0.05) is 25.2 Å². The number of hydrogen-bond acceptors (Lipinski definition) is 2. The van der Waals surface area contributed by atoms with Gasteiger partial charge in [0.15, 0.2) is 5.78 Å². The highest BCUT2D eigenvalue weighted by Crippen LogP contribution is 2.23. The van der Waals surface area contributed by atoms with E-state index in [4.69, 9.17) is 0 Å². The Balaban J connectivity index is 2.35. The number of aryl methyl sites for hydroxylation is 2. The molecule has 1 aromatic carbocycles. The highest BCUT2D eigenvalue weighted by atomic mass is 79.9. The maximum atomic E-state index is 13.9. The van der Waals surface area contributed by atoms with Gasteiger partial charge in [-0.15, -0.1) is 0 Å². The van der Waals surface area contributed by atoms with Crippen LogP contribution in [0.2, 0.25) is 0 Å². The topological polar surface area (TPSA) is 34.9 Å². The first-order valence-corrected chi connectivity index (χ1v) is 6.91. The van der Waals surface area contributed by atoms with E-state index in [1.54, 1.807) is 13.2 Å². The maximum absolute atomic E-state index is 13.9. The lowest BCUT2D eigenvalue weighted by Crippen LogP contribution is -2.09. The average Bonchev–Trinajstić information content (AvgIpc) is 2.80. The third-order valence-electron chi connectivity index (χ3n) is 3.02. The van der Waals surface area contributed by atoms with Crippen LogP contribution in [-0.2, 0) is 19.9 Å². The number of nitrogens with zero attached hydrogens (tertiary/aromatic N) is 2. The number of benzene rings is 1. The van der Waals surface area contributed by atoms with E-state index in [0.717, 1.165) is 6.07 Å². The van der Waals surface area contributed by atoms with Crippen LogP contribution in [0.1, 0.15) is 28.5 Å². The van der Waals surface area contributed by atoms with E-state index in [9.17, 15) is 13.6 Å². The van der Waals surface area contributed by atoms with Gasteiger partial charge in [-0.2, -0.15) is 5.10 Å². The fourth-order valence-corrected chi connectivity index (χ4v) is 2.39. The summed E-state index contributed by atoms with van der Waals surface area (Å²) in [4.78, 5) is 12.2. The van der Waals surface area contributed by atoms with Gasteiger partial charge in [0.25, 0.3) is 0 Å². The molecule has 106 valence electrons. The molecule has 0 N–H and O–H groups in total. The highest BCUT2D eigenvalue weighted by molar-refractivity contribution is 9.10. The molecule has 0 spiro atoms. The number of Topliss-reactive ketones (excluding diaryl/α,β-unsaturated/α-hetero) is 1. The predicted molar refractivity (Wildman–Crippen MR) is 74.7 cm³/mol. The van der Waals surface area contributed by atoms with E-state index < -0.39 is 11.6 Å². The van der Waals surface area contributed by atoms with Gasteiger partial charge in [-0.1, -0.05) is 6.92 Å². The van der Waals surface area contributed by atoms with Gasteiger partial charge in [0.2, 0.25) is 0 Å². The Morgan fingerprint density at radius 2 is 2.10 bits per heavy atom. The molecule has 0 amide bonds. The molecule has 0 atom stereocenters. The van der Waals surface area contributed by atoms with E-state index >= 15 is 0 Å². The van der Waals surface area contributed by atoms with Crippen molar-refractivity contribution in [2.45, 2.75) is 19.8 Å². The second-order valence-electron chi connectivity index (χ2n) is 4.44. The molecule has 3 nitrogen and oxygen atoms in total. The molecule has 0 bridgehead atoms. The van der Waals surface area contributed by atoms with Crippen LogP contribution in [-0.4, -0.2) is 15.6 Å². The molecular weight excluding hydrogens is 330 g/mol. The third-order valence-corrected chi connectivity index (χ3v) is 3.63. The van der Waals surface area contributed by atoms with Crippen LogP contribution < -0.4 is 0 Å². The highest BCUT2D eigenvalue weighted by Gasteiger charge is 2.20. The third kappa shape index (κ3) is 2.80. The summed E-state index contributed by atoms with van der Waals surface area (Å²) in [7, 11) is 1.70. The molecule has 1 heterocycles. The minimum absolute atomic E-state index is 0.142. The second kappa shape index (κ2) is 5.83. The van der Waals surface area contributed by atoms with Gasteiger partial charge in [-0.25, -0.2) is 8.78 Å². The molecule has 2 rings (SSSR count). The Morgan fingerprint density at radius 3 is 2.75 bits per heavy atom. The van der Waals surface area contributed by atoms with Gasteiger partial charge in [0.1, 0.15) is 11.6 Å². The predicted octanol–water partition coefficient (Wildman–Crippen LogP) is 3.45. The molecule has 20 heavy (non-hydrogen) atoms. The van der Waals surface area contributed by atoms with Crippen LogP contribution >= 0.6 is 15.9 Å². The standard InChI is InChI=1S/C14H13BrF2N2O/c1-3-12-9(7-19(2)18-12)13(20)6-8-11(16)5-4-10(15)14(8)17/h4-5,7H,3,6H2,1-2H3. The van der Waals surface area contributed by atoms with Crippen LogP contribution in [0.3, 0.4) is 0 Å². The van der Waals surface area contributed by atoms with Crippen molar-refractivity contribution in [1.29, 1.82) is 0 Å². The maximum Gasteiger partial charge on any atom is 0.170 e. The zero-order chi connectivity index (χ0) is 14.9. The lowest BCUT2D eigenvalue weighted by atomic mass is 10.0. The number of carbonyl (C=O) groups excluding carboxylic acids is 1. The molecule has 6 heteroatoms.